The number of urea groups is 1. The van der Waals surface area contributed by atoms with Crippen molar-refractivity contribution in [1.29, 1.82) is 0 Å². The second kappa shape index (κ2) is 6.99. The summed E-state index contributed by atoms with van der Waals surface area (Å²) < 4.78 is 5.73. The van der Waals surface area contributed by atoms with Gasteiger partial charge < -0.3 is 20.0 Å². The highest BCUT2D eigenvalue weighted by molar-refractivity contribution is 6.00. The molecule has 2 heterocycles. The molecule has 0 spiro atoms. The van der Waals surface area contributed by atoms with Gasteiger partial charge in [-0.25, -0.2) is 9.78 Å². The minimum absolute atomic E-state index is 0.342. The second-order valence-corrected chi connectivity index (χ2v) is 5.16. The van der Waals surface area contributed by atoms with E-state index >= 15 is 0 Å². The fourth-order valence-corrected chi connectivity index (χ4v) is 2.32. The number of nitrogens with one attached hydrogen (secondary N) is 2. The zero-order valence-electron chi connectivity index (χ0n) is 13.6. The molecule has 1 aromatic carbocycles. The number of hydrogen-bond acceptors (Lipinski definition) is 5. The van der Waals surface area contributed by atoms with Crippen molar-refractivity contribution in [3.63, 3.8) is 0 Å². The molecule has 24 heavy (non-hydrogen) atoms. The van der Waals surface area contributed by atoms with Gasteiger partial charge in [0.15, 0.2) is 5.58 Å². The molecule has 0 aliphatic carbocycles. The molecule has 3 rings (SSSR count). The Balaban J connectivity index is 1.74. The molecule has 0 aliphatic rings. The number of benzene rings is 1. The first-order chi connectivity index (χ1) is 11.7. The van der Waals surface area contributed by atoms with Crippen LogP contribution in [0.3, 0.4) is 0 Å². The van der Waals surface area contributed by atoms with Crippen LogP contribution in [0.4, 0.5) is 22.2 Å². The SMILES string of the molecule is CCN(CC)c1nc2ncc(NC(=O)Nc3ccccc3)cc2o1. The molecule has 2 N–H and O–H groups in total. The fourth-order valence-electron chi connectivity index (χ4n) is 2.32. The van der Waals surface area contributed by atoms with Crippen LogP contribution < -0.4 is 15.5 Å². The highest BCUT2D eigenvalue weighted by atomic mass is 16.4. The molecule has 7 nitrogen and oxygen atoms in total. The van der Waals surface area contributed by atoms with Gasteiger partial charge in [-0.15, -0.1) is 0 Å². The number of aromatic nitrogens is 2. The standard InChI is InChI=1S/C17H19N5O2/c1-3-22(4-2)17-21-15-14(24-17)10-13(11-18-15)20-16(23)19-12-8-6-5-7-9-12/h5-11H,3-4H2,1-2H3,(H2,19,20,23). The van der Waals surface area contributed by atoms with Crippen molar-refractivity contribution in [2.45, 2.75) is 13.8 Å². The minimum atomic E-state index is -0.342. The summed E-state index contributed by atoms with van der Waals surface area (Å²) in [6, 6.07) is 11.1. The first-order valence-electron chi connectivity index (χ1n) is 7.84. The number of pyridine rings is 1. The summed E-state index contributed by atoms with van der Waals surface area (Å²) in [5.41, 5.74) is 2.31. The van der Waals surface area contributed by atoms with Crippen LogP contribution in [0.2, 0.25) is 0 Å². The molecule has 2 aromatic heterocycles. The number of para-hydroxylation sites is 1. The third-order valence-corrected chi connectivity index (χ3v) is 3.56. The van der Waals surface area contributed by atoms with Crippen LogP contribution in [-0.2, 0) is 0 Å². The molecule has 0 aliphatic heterocycles. The maximum atomic E-state index is 12.0. The summed E-state index contributed by atoms with van der Waals surface area (Å²) in [5.74, 6) is 0. The third-order valence-electron chi connectivity index (χ3n) is 3.56. The van der Waals surface area contributed by atoms with Crippen LogP contribution in [0.25, 0.3) is 11.2 Å². The number of carbonyl (C=O) groups is 1. The Bertz CT molecular complexity index is 827. The third kappa shape index (κ3) is 3.45. The monoisotopic (exact) mass is 325 g/mol. The number of amides is 2. The van der Waals surface area contributed by atoms with E-state index in [9.17, 15) is 4.79 Å². The zero-order valence-corrected chi connectivity index (χ0v) is 13.6. The largest absolute Gasteiger partial charge is 0.422 e. The predicted octanol–water partition coefficient (Wildman–Crippen LogP) is 3.71. The van der Waals surface area contributed by atoms with E-state index in [1.54, 1.807) is 12.3 Å². The van der Waals surface area contributed by atoms with Crippen LogP contribution >= 0.6 is 0 Å². The number of rotatable bonds is 5. The molecule has 0 fully saturated rings. The van der Waals surface area contributed by atoms with Crippen molar-refractivity contribution in [2.75, 3.05) is 28.6 Å². The maximum Gasteiger partial charge on any atom is 0.323 e. The fraction of sp³-hybridized carbons (Fsp3) is 0.235. The van der Waals surface area contributed by atoms with Gasteiger partial charge in [-0.1, -0.05) is 18.2 Å². The molecule has 2 amide bonds. The molecular weight excluding hydrogens is 306 g/mol. The molecule has 3 aromatic rings. The Kier molecular flexibility index (Phi) is 4.60. The zero-order chi connectivity index (χ0) is 16.9. The van der Waals surface area contributed by atoms with E-state index in [2.05, 4.69) is 20.6 Å². The Hall–Kier alpha value is -3.09. The Labute approximate surface area is 139 Å². The first-order valence-corrected chi connectivity index (χ1v) is 7.84. The van der Waals surface area contributed by atoms with Gasteiger partial charge in [-0.05, 0) is 26.0 Å². The summed E-state index contributed by atoms with van der Waals surface area (Å²) in [6.07, 6.45) is 1.56. The lowest BCUT2D eigenvalue weighted by Crippen LogP contribution is -2.21. The normalized spacial score (nSPS) is 10.6. The van der Waals surface area contributed by atoms with Gasteiger partial charge in [-0.3, -0.25) is 0 Å². The van der Waals surface area contributed by atoms with E-state index in [0.717, 1.165) is 13.1 Å². The Morgan fingerprint density at radius 3 is 2.54 bits per heavy atom. The number of nitrogens with zero attached hydrogens (tertiary/aromatic N) is 3. The van der Waals surface area contributed by atoms with Gasteiger partial charge in [0.2, 0.25) is 5.65 Å². The van der Waals surface area contributed by atoms with Crippen molar-refractivity contribution in [1.82, 2.24) is 9.97 Å². The second-order valence-electron chi connectivity index (χ2n) is 5.16. The first kappa shape index (κ1) is 15.8. The van der Waals surface area contributed by atoms with Gasteiger partial charge in [0.25, 0.3) is 6.01 Å². The number of oxazole rings is 1. The van der Waals surface area contributed by atoms with E-state index in [4.69, 9.17) is 4.42 Å². The molecule has 124 valence electrons. The van der Waals surface area contributed by atoms with Crippen molar-refractivity contribution in [3.8, 4) is 0 Å². The van der Waals surface area contributed by atoms with Gasteiger partial charge in [0.05, 0.1) is 11.9 Å². The van der Waals surface area contributed by atoms with Crippen molar-refractivity contribution >= 4 is 34.7 Å². The van der Waals surface area contributed by atoms with Crippen LogP contribution in [0, 0.1) is 0 Å². The number of fused-ring (bicyclic) bond motifs is 1. The van der Waals surface area contributed by atoms with Gasteiger partial charge in [-0.2, -0.15) is 4.98 Å². The molecule has 0 saturated heterocycles. The summed E-state index contributed by atoms with van der Waals surface area (Å²) in [6.45, 7) is 5.67. The van der Waals surface area contributed by atoms with Crippen LogP contribution in [0.1, 0.15) is 13.8 Å². The van der Waals surface area contributed by atoms with E-state index in [-0.39, 0.29) is 6.03 Å². The highest BCUT2D eigenvalue weighted by Gasteiger charge is 2.13. The summed E-state index contributed by atoms with van der Waals surface area (Å²) in [7, 11) is 0. The van der Waals surface area contributed by atoms with Crippen molar-refractivity contribution < 1.29 is 9.21 Å². The molecular formula is C17H19N5O2. The minimum Gasteiger partial charge on any atom is -0.422 e. The average molecular weight is 325 g/mol. The number of anilines is 3. The topological polar surface area (TPSA) is 83.3 Å². The van der Waals surface area contributed by atoms with Gasteiger partial charge >= 0.3 is 6.03 Å². The van der Waals surface area contributed by atoms with Crippen LogP contribution in [-0.4, -0.2) is 29.1 Å². The lowest BCUT2D eigenvalue weighted by atomic mass is 10.3. The Morgan fingerprint density at radius 2 is 1.83 bits per heavy atom. The van der Waals surface area contributed by atoms with Crippen molar-refractivity contribution in [3.05, 3.63) is 42.6 Å². The van der Waals surface area contributed by atoms with Gasteiger partial charge in [0.1, 0.15) is 0 Å². The van der Waals surface area contributed by atoms with Crippen LogP contribution in [0.5, 0.6) is 0 Å². The highest BCUT2D eigenvalue weighted by Crippen LogP contribution is 2.22. The average Bonchev–Trinajstić information content (AvgIpc) is 2.99. The predicted molar refractivity (Wildman–Crippen MR) is 94.4 cm³/mol. The van der Waals surface area contributed by atoms with E-state index in [1.807, 2.05) is 49.1 Å². The smallest absolute Gasteiger partial charge is 0.323 e. The van der Waals surface area contributed by atoms with Crippen LogP contribution in [0.15, 0.2) is 47.0 Å². The maximum absolute atomic E-state index is 12.0. The molecule has 7 heteroatoms. The van der Waals surface area contributed by atoms with E-state index in [1.165, 1.54) is 0 Å². The van der Waals surface area contributed by atoms with Gasteiger partial charge in [0, 0.05) is 24.8 Å². The lowest BCUT2D eigenvalue weighted by Gasteiger charge is -2.14. The molecule has 0 atom stereocenters. The number of hydrogen-bond donors (Lipinski definition) is 2. The quantitative estimate of drug-likeness (QED) is 0.747. The lowest BCUT2D eigenvalue weighted by molar-refractivity contribution is 0.262. The van der Waals surface area contributed by atoms with E-state index in [0.29, 0.717) is 28.6 Å². The molecule has 0 unspecified atom stereocenters. The molecule has 0 bridgehead atoms. The summed E-state index contributed by atoms with van der Waals surface area (Å²) in [4.78, 5) is 22.6. The summed E-state index contributed by atoms with van der Waals surface area (Å²) >= 11 is 0. The van der Waals surface area contributed by atoms with Crippen molar-refractivity contribution in [2.24, 2.45) is 0 Å². The molecule has 0 saturated carbocycles. The number of carbonyl (C=O) groups excluding carboxylic acids is 1. The molecule has 0 radical (unpaired) electrons. The van der Waals surface area contributed by atoms with E-state index < -0.39 is 0 Å². The summed E-state index contributed by atoms with van der Waals surface area (Å²) in [5, 5.41) is 5.48. The Morgan fingerprint density at radius 1 is 1.12 bits per heavy atom.